The zero-order valence-corrected chi connectivity index (χ0v) is 19.1. The Morgan fingerprint density at radius 2 is 1.78 bits per heavy atom. The highest BCUT2D eigenvalue weighted by atomic mass is 19.1. The van der Waals surface area contributed by atoms with E-state index in [0.717, 1.165) is 0 Å². The summed E-state index contributed by atoms with van der Waals surface area (Å²) in [6, 6.07) is 15.4. The van der Waals surface area contributed by atoms with E-state index in [4.69, 9.17) is 4.74 Å². The van der Waals surface area contributed by atoms with Crippen molar-refractivity contribution < 1.29 is 28.6 Å². The standard InChI is InChI=1S/C26H21FN4O5/c1-36-24-13-22(30-26(34)35)21(12-19(24)18-7-2-3-8-20(18)27)29-25(33)14-23(32)16-5-4-6-17(11-16)31-10-9-28-15-31/h2-13,15,30H,14H2,1H3,(H,29,33)(H,34,35). The molecule has 4 aromatic rings. The molecule has 10 heteroatoms. The molecule has 2 amide bonds. The molecular weight excluding hydrogens is 467 g/mol. The van der Waals surface area contributed by atoms with Crippen LogP contribution in [0.15, 0.2) is 79.4 Å². The number of aromatic nitrogens is 2. The highest BCUT2D eigenvalue weighted by Crippen LogP contribution is 2.39. The first-order valence-corrected chi connectivity index (χ1v) is 10.7. The van der Waals surface area contributed by atoms with Crippen molar-refractivity contribution in [3.63, 3.8) is 0 Å². The summed E-state index contributed by atoms with van der Waals surface area (Å²) in [5, 5.41) is 14.0. The van der Waals surface area contributed by atoms with Crippen LogP contribution >= 0.6 is 0 Å². The Hall–Kier alpha value is -4.99. The Morgan fingerprint density at radius 1 is 1.00 bits per heavy atom. The summed E-state index contributed by atoms with van der Waals surface area (Å²) in [4.78, 5) is 40.9. The lowest BCUT2D eigenvalue weighted by atomic mass is 10.0. The van der Waals surface area contributed by atoms with Crippen molar-refractivity contribution in [1.82, 2.24) is 9.55 Å². The lowest BCUT2D eigenvalue weighted by molar-refractivity contribution is -0.115. The second-order valence-corrected chi connectivity index (χ2v) is 7.68. The number of rotatable bonds is 8. The van der Waals surface area contributed by atoms with Gasteiger partial charge in [0.05, 0.1) is 31.2 Å². The number of methoxy groups -OCH3 is 1. The number of ketones is 1. The molecule has 0 aliphatic heterocycles. The van der Waals surface area contributed by atoms with E-state index in [9.17, 15) is 23.9 Å². The van der Waals surface area contributed by atoms with E-state index in [-0.39, 0.29) is 22.7 Å². The summed E-state index contributed by atoms with van der Waals surface area (Å²) in [6.07, 6.45) is 3.04. The number of benzene rings is 3. The van der Waals surface area contributed by atoms with E-state index in [1.54, 1.807) is 53.6 Å². The molecule has 0 fully saturated rings. The number of nitrogens with one attached hydrogen (secondary N) is 2. The maximum Gasteiger partial charge on any atom is 0.409 e. The van der Waals surface area contributed by atoms with Gasteiger partial charge < -0.3 is 19.7 Å². The van der Waals surface area contributed by atoms with Gasteiger partial charge in [-0.05, 0) is 24.3 Å². The predicted octanol–water partition coefficient (Wildman–Crippen LogP) is 4.99. The molecule has 0 unspecified atom stereocenters. The van der Waals surface area contributed by atoms with Crippen LogP contribution in [0.2, 0.25) is 0 Å². The number of hydrogen-bond donors (Lipinski definition) is 3. The molecule has 3 aromatic carbocycles. The molecule has 1 aromatic heterocycles. The molecular formula is C26H21FN4O5. The Labute approximate surface area is 205 Å². The smallest absolute Gasteiger partial charge is 0.409 e. The number of carbonyl (C=O) groups is 3. The van der Waals surface area contributed by atoms with Crippen LogP contribution in [-0.2, 0) is 4.79 Å². The van der Waals surface area contributed by atoms with Crippen LogP contribution in [0.4, 0.5) is 20.6 Å². The first kappa shape index (κ1) is 24.1. The van der Waals surface area contributed by atoms with E-state index < -0.39 is 30.0 Å². The molecule has 0 bridgehead atoms. The number of imidazole rings is 1. The van der Waals surface area contributed by atoms with Crippen molar-refractivity contribution in [2.75, 3.05) is 17.7 Å². The van der Waals surface area contributed by atoms with Crippen molar-refractivity contribution in [3.05, 3.63) is 90.8 Å². The van der Waals surface area contributed by atoms with E-state index in [0.29, 0.717) is 16.8 Å². The highest BCUT2D eigenvalue weighted by Gasteiger charge is 2.19. The van der Waals surface area contributed by atoms with E-state index in [1.165, 1.54) is 37.4 Å². The van der Waals surface area contributed by atoms with Gasteiger partial charge in [0.2, 0.25) is 5.91 Å². The van der Waals surface area contributed by atoms with Crippen molar-refractivity contribution in [1.29, 1.82) is 0 Å². The topological polar surface area (TPSA) is 123 Å². The molecule has 0 atom stereocenters. The minimum Gasteiger partial charge on any atom is -0.496 e. The van der Waals surface area contributed by atoms with Gasteiger partial charge in [-0.1, -0.05) is 30.3 Å². The number of hydrogen-bond acceptors (Lipinski definition) is 5. The number of amides is 2. The fourth-order valence-corrected chi connectivity index (χ4v) is 3.65. The summed E-state index contributed by atoms with van der Waals surface area (Å²) in [7, 11) is 1.36. The zero-order valence-electron chi connectivity index (χ0n) is 19.1. The second-order valence-electron chi connectivity index (χ2n) is 7.68. The largest absolute Gasteiger partial charge is 0.496 e. The molecule has 36 heavy (non-hydrogen) atoms. The number of ether oxygens (including phenoxy) is 1. The molecule has 0 saturated carbocycles. The Bertz CT molecular complexity index is 1440. The van der Waals surface area contributed by atoms with Crippen LogP contribution in [0.5, 0.6) is 5.75 Å². The van der Waals surface area contributed by atoms with Crippen LogP contribution < -0.4 is 15.4 Å². The summed E-state index contributed by atoms with van der Waals surface area (Å²) in [5.41, 5.74) is 1.56. The number of Topliss-reactive ketones (excluding diaryl/α,β-unsaturated/α-hetero) is 1. The van der Waals surface area contributed by atoms with E-state index >= 15 is 0 Å². The van der Waals surface area contributed by atoms with Crippen LogP contribution in [0.25, 0.3) is 16.8 Å². The van der Waals surface area contributed by atoms with Gasteiger partial charge in [0.25, 0.3) is 0 Å². The molecule has 4 rings (SSSR count). The number of nitrogens with zero attached hydrogens (tertiary/aromatic N) is 2. The lowest BCUT2D eigenvalue weighted by Crippen LogP contribution is -2.19. The van der Waals surface area contributed by atoms with Crippen molar-refractivity contribution in [2.24, 2.45) is 0 Å². The maximum absolute atomic E-state index is 14.5. The van der Waals surface area contributed by atoms with E-state index in [2.05, 4.69) is 15.6 Å². The molecule has 9 nitrogen and oxygen atoms in total. The minimum atomic E-state index is -1.38. The number of carboxylic acid groups (broad SMARTS) is 1. The summed E-state index contributed by atoms with van der Waals surface area (Å²) >= 11 is 0. The summed E-state index contributed by atoms with van der Waals surface area (Å²) in [6.45, 7) is 0. The average molecular weight is 488 g/mol. The quantitative estimate of drug-likeness (QED) is 0.237. The lowest BCUT2D eigenvalue weighted by Gasteiger charge is -2.17. The highest BCUT2D eigenvalue weighted by molar-refractivity contribution is 6.12. The Morgan fingerprint density at radius 3 is 2.47 bits per heavy atom. The summed E-state index contributed by atoms with van der Waals surface area (Å²) in [5.74, 6) is -1.45. The third kappa shape index (κ3) is 5.39. The van der Waals surface area contributed by atoms with Crippen LogP contribution in [0, 0.1) is 5.82 Å². The minimum absolute atomic E-state index is 0.00217. The molecule has 0 saturated heterocycles. The van der Waals surface area contributed by atoms with Gasteiger partial charge >= 0.3 is 6.09 Å². The van der Waals surface area contributed by atoms with E-state index in [1.807, 2.05) is 0 Å². The summed E-state index contributed by atoms with van der Waals surface area (Å²) < 4.78 is 21.5. The fourth-order valence-electron chi connectivity index (χ4n) is 3.65. The van der Waals surface area contributed by atoms with Crippen molar-refractivity contribution >= 4 is 29.2 Å². The molecule has 0 radical (unpaired) electrons. The molecule has 0 aliphatic carbocycles. The van der Waals surface area contributed by atoms with Gasteiger partial charge in [-0.3, -0.25) is 14.9 Å². The first-order chi connectivity index (χ1) is 17.4. The molecule has 0 spiro atoms. The fraction of sp³-hybridized carbons (Fsp3) is 0.0769. The zero-order chi connectivity index (χ0) is 25.7. The molecule has 182 valence electrons. The van der Waals surface area contributed by atoms with Gasteiger partial charge in [-0.2, -0.15) is 0 Å². The number of halogens is 1. The molecule has 1 heterocycles. The number of carbonyl (C=O) groups excluding carboxylic acids is 2. The van der Waals surface area contributed by atoms with Crippen molar-refractivity contribution in [2.45, 2.75) is 6.42 Å². The van der Waals surface area contributed by atoms with Gasteiger partial charge in [-0.15, -0.1) is 0 Å². The Kier molecular flexibility index (Phi) is 7.05. The maximum atomic E-state index is 14.5. The average Bonchev–Trinajstić information content (AvgIpc) is 3.40. The van der Waals surface area contributed by atoms with Gasteiger partial charge in [-0.25, -0.2) is 14.2 Å². The second kappa shape index (κ2) is 10.5. The first-order valence-electron chi connectivity index (χ1n) is 10.7. The Balaban J connectivity index is 1.61. The van der Waals surface area contributed by atoms with Crippen LogP contribution in [0.1, 0.15) is 16.8 Å². The number of anilines is 2. The van der Waals surface area contributed by atoms with Crippen LogP contribution in [0.3, 0.4) is 0 Å². The molecule has 3 N–H and O–H groups in total. The normalized spacial score (nSPS) is 10.5. The van der Waals surface area contributed by atoms with Gasteiger partial charge in [0.1, 0.15) is 11.6 Å². The van der Waals surface area contributed by atoms with Gasteiger partial charge in [0, 0.05) is 40.8 Å². The van der Waals surface area contributed by atoms with Crippen molar-refractivity contribution in [3.8, 4) is 22.6 Å². The van der Waals surface area contributed by atoms with Gasteiger partial charge in [0.15, 0.2) is 5.78 Å². The molecule has 0 aliphatic rings. The third-order valence-electron chi connectivity index (χ3n) is 5.31. The monoisotopic (exact) mass is 488 g/mol. The van der Waals surface area contributed by atoms with Crippen LogP contribution in [-0.4, -0.2) is 39.6 Å². The third-order valence-corrected chi connectivity index (χ3v) is 5.31. The predicted molar refractivity (Wildman–Crippen MR) is 131 cm³/mol. The SMILES string of the molecule is COc1cc(NC(=O)O)c(NC(=O)CC(=O)c2cccc(-n3ccnc3)c2)cc1-c1ccccc1F.